The van der Waals surface area contributed by atoms with Gasteiger partial charge in [-0.25, -0.2) is 0 Å². The number of nitrogens with one attached hydrogen (secondary N) is 1. The number of halogens is 2. The fourth-order valence-electron chi connectivity index (χ4n) is 1.46. The van der Waals surface area contributed by atoms with Crippen LogP contribution in [-0.2, 0) is 12.5 Å². The number of benzene rings is 1. The first kappa shape index (κ1) is 13.0. The minimum atomic E-state index is -0.198. The smallest absolute Gasteiger partial charge is 0.223 e. The molecule has 0 saturated heterocycles. The average Bonchev–Trinajstić information content (AvgIpc) is 2.39. The van der Waals surface area contributed by atoms with E-state index in [0.29, 0.717) is 10.7 Å². The number of aromatic amines is 1. The molecular weight excluding hydrogens is 273 g/mol. The summed E-state index contributed by atoms with van der Waals surface area (Å²) in [5, 5.41) is 0.617. The Hall–Kier alpha value is -1.45. The minimum absolute atomic E-state index is 0.198. The summed E-state index contributed by atoms with van der Waals surface area (Å²) in [5.74, 6) is 0.517. The third kappa shape index (κ3) is 3.06. The Balaban J connectivity index is 2.11. The normalized spacial score (nSPS) is 10.3. The largest absolute Gasteiger partial charge is 0.483 e. The van der Waals surface area contributed by atoms with Gasteiger partial charge >= 0.3 is 0 Å². The van der Waals surface area contributed by atoms with Crippen molar-refractivity contribution in [2.45, 2.75) is 12.5 Å². The van der Waals surface area contributed by atoms with Gasteiger partial charge in [-0.3, -0.25) is 4.79 Å². The van der Waals surface area contributed by atoms with Crippen LogP contribution in [0.15, 0.2) is 41.3 Å². The fraction of sp³-hybridized carbons (Fsp3) is 0.154. The van der Waals surface area contributed by atoms with Gasteiger partial charge in [-0.2, -0.15) is 0 Å². The van der Waals surface area contributed by atoms with Crippen molar-refractivity contribution in [3.05, 3.63) is 63.0 Å². The number of pyridine rings is 1. The molecule has 1 aromatic carbocycles. The maximum absolute atomic E-state index is 11.7. The monoisotopic (exact) mass is 283 g/mol. The lowest BCUT2D eigenvalue weighted by Gasteiger charge is -2.07. The van der Waals surface area contributed by atoms with Crippen LogP contribution in [0.1, 0.15) is 11.3 Å². The molecule has 2 aromatic rings. The predicted octanol–water partition coefficient (Wildman–Crippen LogP) is 3.35. The van der Waals surface area contributed by atoms with E-state index < -0.39 is 0 Å². The first-order valence-electron chi connectivity index (χ1n) is 5.34. The molecule has 1 heterocycles. The molecule has 2 rings (SSSR count). The molecular formula is C13H11Cl2NO2. The number of aromatic nitrogens is 1. The molecule has 0 aliphatic heterocycles. The first-order chi connectivity index (χ1) is 8.70. The van der Waals surface area contributed by atoms with Crippen molar-refractivity contribution in [2.24, 2.45) is 0 Å². The molecule has 0 aliphatic carbocycles. The molecule has 18 heavy (non-hydrogen) atoms. The van der Waals surface area contributed by atoms with Crippen LogP contribution in [0.2, 0.25) is 5.02 Å². The summed E-state index contributed by atoms with van der Waals surface area (Å²) >= 11 is 11.6. The zero-order chi connectivity index (χ0) is 13.0. The lowest BCUT2D eigenvalue weighted by Crippen LogP contribution is -2.09. The van der Waals surface area contributed by atoms with Crippen LogP contribution >= 0.6 is 23.2 Å². The van der Waals surface area contributed by atoms with Gasteiger partial charge in [0.05, 0.1) is 5.88 Å². The number of hydrogen-bond donors (Lipinski definition) is 1. The summed E-state index contributed by atoms with van der Waals surface area (Å²) in [4.78, 5) is 14.6. The second-order valence-electron chi connectivity index (χ2n) is 3.70. The van der Waals surface area contributed by atoms with Gasteiger partial charge in [0.25, 0.3) is 0 Å². The Kier molecular flexibility index (Phi) is 4.28. The van der Waals surface area contributed by atoms with E-state index in [1.165, 1.54) is 12.3 Å². The van der Waals surface area contributed by atoms with E-state index in [1.54, 1.807) is 6.07 Å². The van der Waals surface area contributed by atoms with Crippen LogP contribution in [0, 0.1) is 0 Å². The molecule has 1 aromatic heterocycles. The topological polar surface area (TPSA) is 42.1 Å². The van der Waals surface area contributed by atoms with E-state index in [1.807, 2.05) is 18.2 Å². The zero-order valence-electron chi connectivity index (χ0n) is 9.45. The van der Waals surface area contributed by atoms with Crippen molar-refractivity contribution in [3.8, 4) is 5.75 Å². The summed E-state index contributed by atoms with van der Waals surface area (Å²) < 4.78 is 5.43. The second-order valence-corrected chi connectivity index (χ2v) is 4.37. The highest BCUT2D eigenvalue weighted by Crippen LogP contribution is 2.16. The quantitative estimate of drug-likeness (QED) is 0.875. The van der Waals surface area contributed by atoms with E-state index in [4.69, 9.17) is 27.9 Å². The lowest BCUT2D eigenvalue weighted by atomic mass is 10.2. The third-order valence-electron chi connectivity index (χ3n) is 2.42. The number of hydrogen-bond acceptors (Lipinski definition) is 2. The summed E-state index contributed by atoms with van der Waals surface area (Å²) in [6, 6.07) is 8.76. The van der Waals surface area contributed by atoms with Crippen LogP contribution in [-0.4, -0.2) is 4.98 Å². The molecule has 94 valence electrons. The summed E-state index contributed by atoms with van der Waals surface area (Å²) in [6.07, 6.45) is 1.51. The number of ether oxygens (including phenoxy) is 1. The third-order valence-corrected chi connectivity index (χ3v) is 3.08. The van der Waals surface area contributed by atoms with E-state index in [2.05, 4.69) is 4.98 Å². The van der Waals surface area contributed by atoms with Crippen LogP contribution in [0.3, 0.4) is 0 Å². The molecule has 0 spiro atoms. The van der Waals surface area contributed by atoms with Gasteiger partial charge in [0.2, 0.25) is 5.43 Å². The maximum atomic E-state index is 11.7. The molecule has 0 saturated carbocycles. The molecule has 0 amide bonds. The molecule has 0 radical (unpaired) electrons. The molecule has 0 aliphatic rings. The highest BCUT2D eigenvalue weighted by Gasteiger charge is 2.04. The van der Waals surface area contributed by atoms with Gasteiger partial charge in [0.1, 0.15) is 6.61 Å². The van der Waals surface area contributed by atoms with Gasteiger partial charge in [0.15, 0.2) is 5.75 Å². The Morgan fingerprint density at radius 3 is 2.72 bits per heavy atom. The van der Waals surface area contributed by atoms with Gasteiger partial charge in [-0.05, 0) is 6.07 Å². The molecule has 0 bridgehead atoms. The lowest BCUT2D eigenvalue weighted by molar-refractivity contribution is 0.302. The minimum Gasteiger partial charge on any atom is -0.483 e. The standard InChI is InChI=1S/C13H11Cl2NO2/c14-6-10-5-12(17)13(7-16-10)18-8-9-3-1-2-4-11(9)15/h1-5,7H,6,8H2,(H,16,17). The van der Waals surface area contributed by atoms with Crippen molar-refractivity contribution < 1.29 is 4.74 Å². The van der Waals surface area contributed by atoms with Crippen molar-refractivity contribution >= 4 is 23.2 Å². The van der Waals surface area contributed by atoms with Crippen molar-refractivity contribution in [1.29, 1.82) is 0 Å². The zero-order valence-corrected chi connectivity index (χ0v) is 11.0. The Morgan fingerprint density at radius 1 is 1.28 bits per heavy atom. The Bertz CT molecular complexity index is 596. The van der Waals surface area contributed by atoms with Crippen LogP contribution in [0.25, 0.3) is 0 Å². The van der Waals surface area contributed by atoms with Gasteiger partial charge in [-0.1, -0.05) is 29.8 Å². The molecule has 5 heteroatoms. The predicted molar refractivity (Wildman–Crippen MR) is 72.4 cm³/mol. The van der Waals surface area contributed by atoms with E-state index >= 15 is 0 Å². The number of H-pyrrole nitrogens is 1. The Morgan fingerprint density at radius 2 is 2.06 bits per heavy atom. The average molecular weight is 284 g/mol. The molecule has 0 atom stereocenters. The molecule has 0 fully saturated rings. The summed E-state index contributed by atoms with van der Waals surface area (Å²) in [6.45, 7) is 0.253. The van der Waals surface area contributed by atoms with E-state index in [-0.39, 0.29) is 23.7 Å². The van der Waals surface area contributed by atoms with Crippen molar-refractivity contribution in [2.75, 3.05) is 0 Å². The van der Waals surface area contributed by atoms with Crippen LogP contribution in [0.4, 0.5) is 0 Å². The van der Waals surface area contributed by atoms with E-state index in [0.717, 1.165) is 5.56 Å². The fourth-order valence-corrected chi connectivity index (χ4v) is 1.81. The molecule has 3 nitrogen and oxygen atoms in total. The maximum Gasteiger partial charge on any atom is 0.223 e. The van der Waals surface area contributed by atoms with E-state index in [9.17, 15) is 4.79 Å². The van der Waals surface area contributed by atoms with Crippen molar-refractivity contribution in [1.82, 2.24) is 4.98 Å². The highest BCUT2D eigenvalue weighted by molar-refractivity contribution is 6.31. The SMILES string of the molecule is O=c1cc(CCl)[nH]cc1OCc1ccccc1Cl. The van der Waals surface area contributed by atoms with Crippen LogP contribution < -0.4 is 10.2 Å². The van der Waals surface area contributed by atoms with Gasteiger partial charge < -0.3 is 9.72 Å². The Labute approximate surface area is 114 Å². The molecule has 1 N–H and O–H groups in total. The molecule has 0 unspecified atom stereocenters. The van der Waals surface area contributed by atoms with Crippen LogP contribution in [0.5, 0.6) is 5.75 Å². The van der Waals surface area contributed by atoms with Crippen molar-refractivity contribution in [3.63, 3.8) is 0 Å². The van der Waals surface area contributed by atoms with Gasteiger partial charge in [-0.15, -0.1) is 11.6 Å². The highest BCUT2D eigenvalue weighted by atomic mass is 35.5. The first-order valence-corrected chi connectivity index (χ1v) is 6.25. The number of rotatable bonds is 4. The summed E-state index contributed by atoms with van der Waals surface area (Å²) in [7, 11) is 0. The summed E-state index contributed by atoms with van der Waals surface area (Å²) in [5.41, 5.74) is 1.29. The number of alkyl halides is 1. The second kappa shape index (κ2) is 5.94. The van der Waals surface area contributed by atoms with Gasteiger partial charge in [0, 0.05) is 28.5 Å².